The highest BCUT2D eigenvalue weighted by Gasteiger charge is 2.22. The van der Waals surface area contributed by atoms with Crippen LogP contribution in [0, 0.1) is 5.92 Å². The smallest absolute Gasteiger partial charge is 0.217 e. The van der Waals surface area contributed by atoms with Gasteiger partial charge in [-0.25, -0.2) is 4.98 Å². The largest absolute Gasteiger partial charge is 0.370 e. The topological polar surface area (TPSA) is 68.0 Å². The number of anilines is 1. The van der Waals surface area contributed by atoms with Crippen LogP contribution in [0.5, 0.6) is 0 Å². The third-order valence-corrected chi connectivity index (χ3v) is 4.29. The molecule has 4 nitrogen and oxygen atoms in total. The average molecular weight is 356 g/mol. The van der Waals surface area contributed by atoms with Crippen LogP contribution >= 0.6 is 24.8 Å². The molecule has 1 aliphatic rings. The molecule has 0 saturated heterocycles. The standard InChI is InChI=1S/C17H21N3O.2ClH/c18-16(21)11-12-5-8-14(9-6-12)19-17-10-7-13-3-1-2-4-15(13)20-17;;/h1-4,7,10,12,14H,5-6,8-9,11H2,(H2,18,21)(H,19,20);2*1H. The van der Waals surface area contributed by atoms with E-state index in [-0.39, 0.29) is 30.7 Å². The van der Waals surface area contributed by atoms with E-state index in [1.807, 2.05) is 24.3 Å². The minimum atomic E-state index is -0.178. The van der Waals surface area contributed by atoms with Gasteiger partial charge in [-0.3, -0.25) is 4.79 Å². The fourth-order valence-electron chi connectivity index (χ4n) is 3.15. The van der Waals surface area contributed by atoms with Crippen LogP contribution in [0.25, 0.3) is 10.9 Å². The first-order valence-corrected chi connectivity index (χ1v) is 7.61. The van der Waals surface area contributed by atoms with Crippen molar-refractivity contribution >= 4 is 47.4 Å². The van der Waals surface area contributed by atoms with Crippen molar-refractivity contribution in [2.45, 2.75) is 38.1 Å². The SMILES string of the molecule is Cl.Cl.NC(=O)CC1CCC(Nc2ccc3ccccc3n2)CC1. The normalized spacial score (nSPS) is 20.2. The van der Waals surface area contributed by atoms with Gasteiger partial charge >= 0.3 is 0 Å². The molecule has 2 aromatic rings. The molecular formula is C17H23Cl2N3O. The molecule has 0 radical (unpaired) electrons. The maximum Gasteiger partial charge on any atom is 0.217 e. The van der Waals surface area contributed by atoms with Gasteiger partial charge in [0.25, 0.3) is 0 Å². The van der Waals surface area contributed by atoms with Crippen molar-refractivity contribution in [1.29, 1.82) is 0 Å². The number of para-hydroxylation sites is 1. The van der Waals surface area contributed by atoms with Crippen molar-refractivity contribution < 1.29 is 4.79 Å². The second kappa shape index (κ2) is 8.94. The van der Waals surface area contributed by atoms with Crippen LogP contribution in [-0.4, -0.2) is 16.9 Å². The molecule has 0 spiro atoms. The maximum absolute atomic E-state index is 11.0. The van der Waals surface area contributed by atoms with E-state index in [9.17, 15) is 4.79 Å². The molecule has 0 bridgehead atoms. The number of pyridine rings is 1. The molecule has 23 heavy (non-hydrogen) atoms. The number of carbonyl (C=O) groups excluding carboxylic acids is 1. The summed E-state index contributed by atoms with van der Waals surface area (Å²) in [7, 11) is 0. The summed E-state index contributed by atoms with van der Waals surface area (Å²) < 4.78 is 0. The zero-order chi connectivity index (χ0) is 14.7. The Morgan fingerprint density at radius 2 is 1.78 bits per heavy atom. The minimum Gasteiger partial charge on any atom is -0.370 e. The second-order valence-corrected chi connectivity index (χ2v) is 5.92. The molecule has 6 heteroatoms. The Labute approximate surface area is 149 Å². The quantitative estimate of drug-likeness (QED) is 0.872. The van der Waals surface area contributed by atoms with E-state index in [0.717, 1.165) is 42.4 Å². The van der Waals surface area contributed by atoms with Crippen LogP contribution in [0.3, 0.4) is 0 Å². The highest BCUT2D eigenvalue weighted by molar-refractivity contribution is 5.85. The zero-order valence-corrected chi connectivity index (χ0v) is 14.5. The molecule has 0 atom stereocenters. The molecule has 1 heterocycles. The van der Waals surface area contributed by atoms with Crippen LogP contribution < -0.4 is 11.1 Å². The fraction of sp³-hybridized carbons (Fsp3) is 0.412. The minimum absolute atomic E-state index is 0. The van der Waals surface area contributed by atoms with E-state index < -0.39 is 0 Å². The Morgan fingerprint density at radius 1 is 1.09 bits per heavy atom. The summed E-state index contributed by atoms with van der Waals surface area (Å²) in [5.41, 5.74) is 6.29. The van der Waals surface area contributed by atoms with Gasteiger partial charge in [-0.2, -0.15) is 0 Å². The zero-order valence-electron chi connectivity index (χ0n) is 12.9. The Bertz CT molecular complexity index is 643. The molecule has 3 N–H and O–H groups in total. The third-order valence-electron chi connectivity index (χ3n) is 4.29. The number of nitrogens with one attached hydrogen (secondary N) is 1. The lowest BCUT2D eigenvalue weighted by atomic mass is 9.84. The van der Waals surface area contributed by atoms with Crippen LogP contribution in [-0.2, 0) is 4.79 Å². The van der Waals surface area contributed by atoms with Crippen molar-refractivity contribution in [3.05, 3.63) is 36.4 Å². The summed E-state index contributed by atoms with van der Waals surface area (Å²) in [6, 6.07) is 12.7. The lowest BCUT2D eigenvalue weighted by Crippen LogP contribution is -2.28. The van der Waals surface area contributed by atoms with Gasteiger partial charge in [0.1, 0.15) is 5.82 Å². The number of amides is 1. The number of hydrogen-bond donors (Lipinski definition) is 2. The van der Waals surface area contributed by atoms with Crippen LogP contribution in [0.4, 0.5) is 5.82 Å². The summed E-state index contributed by atoms with van der Waals surface area (Å²) in [4.78, 5) is 15.6. The molecule has 1 aromatic heterocycles. The molecular weight excluding hydrogens is 333 g/mol. The molecule has 1 aromatic carbocycles. The molecule has 1 aliphatic carbocycles. The van der Waals surface area contributed by atoms with E-state index >= 15 is 0 Å². The Balaban J connectivity index is 0.00000132. The van der Waals surface area contributed by atoms with E-state index in [1.54, 1.807) is 0 Å². The monoisotopic (exact) mass is 355 g/mol. The summed E-state index contributed by atoms with van der Waals surface area (Å²) in [5.74, 6) is 1.22. The first-order valence-electron chi connectivity index (χ1n) is 7.61. The number of benzene rings is 1. The van der Waals surface area contributed by atoms with E-state index in [1.165, 1.54) is 0 Å². The van der Waals surface area contributed by atoms with Crippen LogP contribution in [0.2, 0.25) is 0 Å². The van der Waals surface area contributed by atoms with Crippen molar-refractivity contribution in [2.75, 3.05) is 5.32 Å². The Hall–Kier alpha value is -1.52. The van der Waals surface area contributed by atoms with Gasteiger partial charge in [-0.1, -0.05) is 18.2 Å². The van der Waals surface area contributed by atoms with Gasteiger partial charge in [0.15, 0.2) is 0 Å². The molecule has 1 saturated carbocycles. The number of carbonyl (C=O) groups is 1. The van der Waals surface area contributed by atoms with Crippen LogP contribution in [0.1, 0.15) is 32.1 Å². The predicted molar refractivity (Wildman–Crippen MR) is 99.4 cm³/mol. The number of rotatable bonds is 4. The third kappa shape index (κ3) is 5.26. The molecule has 0 unspecified atom stereocenters. The molecule has 126 valence electrons. The van der Waals surface area contributed by atoms with Crippen LogP contribution in [0.15, 0.2) is 36.4 Å². The van der Waals surface area contributed by atoms with E-state index in [4.69, 9.17) is 5.73 Å². The van der Waals surface area contributed by atoms with Crippen molar-refractivity contribution in [3.63, 3.8) is 0 Å². The maximum atomic E-state index is 11.0. The van der Waals surface area contributed by atoms with Gasteiger partial charge in [-0.15, -0.1) is 24.8 Å². The van der Waals surface area contributed by atoms with Gasteiger partial charge in [0.05, 0.1) is 5.52 Å². The van der Waals surface area contributed by atoms with Gasteiger partial charge in [-0.05, 0) is 49.8 Å². The number of nitrogens with two attached hydrogens (primary N) is 1. The van der Waals surface area contributed by atoms with Crippen molar-refractivity contribution in [2.24, 2.45) is 11.7 Å². The lowest BCUT2D eigenvalue weighted by Gasteiger charge is -2.28. The lowest BCUT2D eigenvalue weighted by molar-refractivity contribution is -0.119. The molecule has 0 aliphatic heterocycles. The van der Waals surface area contributed by atoms with Crippen molar-refractivity contribution in [3.8, 4) is 0 Å². The number of hydrogen-bond acceptors (Lipinski definition) is 3. The number of nitrogens with zero attached hydrogens (tertiary/aromatic N) is 1. The summed E-state index contributed by atoms with van der Waals surface area (Å²) in [6.45, 7) is 0. The Morgan fingerprint density at radius 3 is 2.48 bits per heavy atom. The Kier molecular flexibility index (Phi) is 7.59. The average Bonchev–Trinajstić information content (AvgIpc) is 2.49. The summed E-state index contributed by atoms with van der Waals surface area (Å²) in [6.07, 6.45) is 4.81. The molecule has 1 amide bonds. The number of halogens is 2. The molecule has 1 fully saturated rings. The highest BCUT2D eigenvalue weighted by Crippen LogP contribution is 2.28. The first kappa shape index (κ1) is 19.5. The number of fused-ring (bicyclic) bond motifs is 1. The first-order chi connectivity index (χ1) is 10.2. The second-order valence-electron chi connectivity index (χ2n) is 5.92. The summed E-state index contributed by atoms with van der Waals surface area (Å²) in [5, 5.41) is 4.68. The van der Waals surface area contributed by atoms with Crippen molar-refractivity contribution in [1.82, 2.24) is 4.98 Å². The van der Waals surface area contributed by atoms with E-state index in [0.29, 0.717) is 18.4 Å². The van der Waals surface area contributed by atoms with Gasteiger partial charge in [0, 0.05) is 17.8 Å². The van der Waals surface area contributed by atoms with Gasteiger partial charge in [0.2, 0.25) is 5.91 Å². The highest BCUT2D eigenvalue weighted by atomic mass is 35.5. The number of aromatic nitrogens is 1. The van der Waals surface area contributed by atoms with E-state index in [2.05, 4.69) is 22.4 Å². The van der Waals surface area contributed by atoms with Gasteiger partial charge < -0.3 is 11.1 Å². The predicted octanol–water partition coefficient (Wildman–Crippen LogP) is 3.92. The summed E-state index contributed by atoms with van der Waals surface area (Å²) >= 11 is 0. The fourth-order valence-corrected chi connectivity index (χ4v) is 3.15. The molecule has 3 rings (SSSR count). The number of primary amides is 1.